The Morgan fingerprint density at radius 1 is 1.25 bits per heavy atom. The normalized spacial score (nSPS) is 25.3. The summed E-state index contributed by atoms with van der Waals surface area (Å²) in [5, 5.41) is 0. The zero-order chi connectivity index (χ0) is 11.8. The average molecular weight is 226 g/mol. The van der Waals surface area contributed by atoms with E-state index < -0.39 is 0 Å². The van der Waals surface area contributed by atoms with Gasteiger partial charge >= 0.3 is 0 Å². The summed E-state index contributed by atoms with van der Waals surface area (Å²) in [6.45, 7) is 8.14. The van der Waals surface area contributed by atoms with E-state index >= 15 is 0 Å². The van der Waals surface area contributed by atoms with Gasteiger partial charge in [-0.2, -0.15) is 0 Å². The third-order valence-corrected chi connectivity index (χ3v) is 4.06. The molecule has 1 fully saturated rings. The molecule has 0 aromatic heterocycles. The minimum absolute atomic E-state index is 0.781. The van der Waals surface area contributed by atoms with E-state index in [1.165, 1.54) is 58.0 Å². The number of hydrogen-bond acceptors (Lipinski definition) is 2. The topological polar surface area (TPSA) is 29.3 Å². The van der Waals surface area contributed by atoms with Gasteiger partial charge in [0.05, 0.1) is 0 Å². The first-order valence-corrected chi connectivity index (χ1v) is 7.22. The molecule has 2 N–H and O–H groups in total. The van der Waals surface area contributed by atoms with E-state index in [9.17, 15) is 0 Å². The molecule has 1 saturated heterocycles. The average Bonchev–Trinajstić information content (AvgIpc) is 2.54. The van der Waals surface area contributed by atoms with Gasteiger partial charge in [-0.05, 0) is 58.2 Å². The van der Waals surface area contributed by atoms with E-state index in [4.69, 9.17) is 5.73 Å². The zero-order valence-corrected chi connectivity index (χ0v) is 11.3. The SMILES string of the molecule is CCCCCC(C)N1CCCC(CN)CC1. The molecule has 0 aromatic rings. The van der Waals surface area contributed by atoms with Crippen molar-refractivity contribution in [3.05, 3.63) is 0 Å². The molecular formula is C14H30N2. The van der Waals surface area contributed by atoms with Crippen LogP contribution in [-0.4, -0.2) is 30.6 Å². The van der Waals surface area contributed by atoms with Crippen LogP contribution in [0.15, 0.2) is 0 Å². The molecule has 2 atom stereocenters. The molecule has 1 aliphatic heterocycles. The summed E-state index contributed by atoms with van der Waals surface area (Å²) in [6, 6.07) is 0.781. The molecule has 0 radical (unpaired) electrons. The van der Waals surface area contributed by atoms with Crippen LogP contribution in [0.1, 0.15) is 58.8 Å². The van der Waals surface area contributed by atoms with E-state index in [1.54, 1.807) is 0 Å². The van der Waals surface area contributed by atoms with Gasteiger partial charge in [0.1, 0.15) is 0 Å². The Kier molecular flexibility index (Phi) is 7.06. The molecule has 1 heterocycles. The number of nitrogens with two attached hydrogens (primary N) is 1. The first kappa shape index (κ1) is 14.0. The maximum absolute atomic E-state index is 5.77. The molecule has 0 aliphatic carbocycles. The maximum atomic E-state index is 5.77. The summed E-state index contributed by atoms with van der Waals surface area (Å²) < 4.78 is 0. The number of hydrogen-bond donors (Lipinski definition) is 1. The van der Waals surface area contributed by atoms with Crippen LogP contribution < -0.4 is 5.73 Å². The molecule has 2 unspecified atom stereocenters. The summed E-state index contributed by atoms with van der Waals surface area (Å²) in [5.41, 5.74) is 5.77. The van der Waals surface area contributed by atoms with Gasteiger partial charge in [-0.3, -0.25) is 0 Å². The molecule has 2 nitrogen and oxygen atoms in total. The van der Waals surface area contributed by atoms with Crippen LogP contribution in [0.25, 0.3) is 0 Å². The lowest BCUT2D eigenvalue weighted by molar-refractivity contribution is 0.201. The van der Waals surface area contributed by atoms with Crippen LogP contribution >= 0.6 is 0 Å². The van der Waals surface area contributed by atoms with Crippen LogP contribution in [-0.2, 0) is 0 Å². The molecule has 0 bridgehead atoms. The second kappa shape index (κ2) is 8.08. The van der Waals surface area contributed by atoms with Crippen molar-refractivity contribution in [3.63, 3.8) is 0 Å². The van der Waals surface area contributed by atoms with Crippen molar-refractivity contribution in [2.24, 2.45) is 11.7 Å². The van der Waals surface area contributed by atoms with Gasteiger partial charge in [-0.15, -0.1) is 0 Å². The minimum Gasteiger partial charge on any atom is -0.330 e. The zero-order valence-electron chi connectivity index (χ0n) is 11.3. The highest BCUT2D eigenvalue weighted by Crippen LogP contribution is 2.19. The van der Waals surface area contributed by atoms with E-state index in [2.05, 4.69) is 18.7 Å². The third kappa shape index (κ3) is 4.84. The summed E-state index contributed by atoms with van der Waals surface area (Å²) >= 11 is 0. The molecule has 2 heteroatoms. The number of nitrogens with zero attached hydrogens (tertiary/aromatic N) is 1. The molecule has 1 rings (SSSR count). The van der Waals surface area contributed by atoms with Crippen molar-refractivity contribution in [2.45, 2.75) is 64.8 Å². The predicted molar refractivity (Wildman–Crippen MR) is 71.6 cm³/mol. The summed E-state index contributed by atoms with van der Waals surface area (Å²) in [5.74, 6) is 0.785. The molecular weight excluding hydrogens is 196 g/mol. The monoisotopic (exact) mass is 226 g/mol. The second-order valence-corrected chi connectivity index (χ2v) is 5.41. The lowest BCUT2D eigenvalue weighted by Crippen LogP contribution is -2.34. The van der Waals surface area contributed by atoms with Gasteiger partial charge in [0.2, 0.25) is 0 Å². The Hall–Kier alpha value is -0.0800. The van der Waals surface area contributed by atoms with Gasteiger partial charge in [0.15, 0.2) is 0 Å². The van der Waals surface area contributed by atoms with E-state index in [1.807, 2.05) is 0 Å². The smallest absolute Gasteiger partial charge is 0.00669 e. The lowest BCUT2D eigenvalue weighted by atomic mass is 10.0. The van der Waals surface area contributed by atoms with Crippen molar-refractivity contribution in [2.75, 3.05) is 19.6 Å². The molecule has 0 saturated carbocycles. The summed E-state index contributed by atoms with van der Waals surface area (Å²) in [4.78, 5) is 2.69. The molecule has 0 aromatic carbocycles. The first-order chi connectivity index (χ1) is 7.77. The van der Waals surface area contributed by atoms with Crippen LogP contribution in [0.5, 0.6) is 0 Å². The van der Waals surface area contributed by atoms with E-state index in [0.717, 1.165) is 18.5 Å². The Morgan fingerprint density at radius 2 is 2.06 bits per heavy atom. The van der Waals surface area contributed by atoms with Crippen molar-refractivity contribution in [3.8, 4) is 0 Å². The fourth-order valence-electron chi connectivity index (χ4n) is 2.74. The maximum Gasteiger partial charge on any atom is 0.00669 e. The van der Waals surface area contributed by atoms with Gasteiger partial charge < -0.3 is 10.6 Å². The van der Waals surface area contributed by atoms with Crippen LogP contribution in [0.3, 0.4) is 0 Å². The molecule has 0 spiro atoms. The van der Waals surface area contributed by atoms with Gasteiger partial charge in [-0.25, -0.2) is 0 Å². The minimum atomic E-state index is 0.781. The number of unbranched alkanes of at least 4 members (excludes halogenated alkanes) is 2. The third-order valence-electron chi connectivity index (χ3n) is 4.06. The van der Waals surface area contributed by atoms with Gasteiger partial charge in [-0.1, -0.05) is 26.2 Å². The number of likely N-dealkylation sites (tertiary alicyclic amines) is 1. The summed E-state index contributed by atoms with van der Waals surface area (Å²) in [6.07, 6.45) is 9.50. The molecule has 1 aliphatic rings. The highest BCUT2D eigenvalue weighted by atomic mass is 15.1. The molecule has 96 valence electrons. The van der Waals surface area contributed by atoms with Crippen molar-refractivity contribution < 1.29 is 0 Å². The number of rotatable bonds is 6. The van der Waals surface area contributed by atoms with E-state index in [0.29, 0.717) is 0 Å². The fraction of sp³-hybridized carbons (Fsp3) is 1.00. The quantitative estimate of drug-likeness (QED) is 0.705. The largest absolute Gasteiger partial charge is 0.330 e. The Labute approximate surface area is 102 Å². The van der Waals surface area contributed by atoms with Gasteiger partial charge in [0.25, 0.3) is 0 Å². The van der Waals surface area contributed by atoms with Crippen LogP contribution in [0.4, 0.5) is 0 Å². The van der Waals surface area contributed by atoms with Crippen molar-refractivity contribution in [1.82, 2.24) is 4.90 Å². The Morgan fingerprint density at radius 3 is 2.75 bits per heavy atom. The van der Waals surface area contributed by atoms with Crippen molar-refractivity contribution in [1.29, 1.82) is 0 Å². The predicted octanol–water partition coefficient (Wildman–Crippen LogP) is 3.02. The highest BCUT2D eigenvalue weighted by Gasteiger charge is 2.19. The van der Waals surface area contributed by atoms with Crippen molar-refractivity contribution >= 4 is 0 Å². The van der Waals surface area contributed by atoms with Crippen LogP contribution in [0.2, 0.25) is 0 Å². The Bertz CT molecular complexity index is 170. The second-order valence-electron chi connectivity index (χ2n) is 5.41. The van der Waals surface area contributed by atoms with Crippen LogP contribution in [0, 0.1) is 5.92 Å². The molecule has 16 heavy (non-hydrogen) atoms. The lowest BCUT2D eigenvalue weighted by Gasteiger charge is -2.27. The Balaban J connectivity index is 2.24. The van der Waals surface area contributed by atoms with E-state index in [-0.39, 0.29) is 0 Å². The highest BCUT2D eigenvalue weighted by molar-refractivity contribution is 4.74. The standard InChI is InChI=1S/C14H30N2/c1-3-4-5-7-13(2)16-10-6-8-14(12-15)9-11-16/h13-14H,3-12,15H2,1-2H3. The summed E-state index contributed by atoms with van der Waals surface area (Å²) in [7, 11) is 0. The fourth-order valence-corrected chi connectivity index (χ4v) is 2.74. The first-order valence-electron chi connectivity index (χ1n) is 7.22. The molecule has 0 amide bonds. The van der Waals surface area contributed by atoms with Gasteiger partial charge in [0, 0.05) is 6.04 Å².